The number of nitrogens with one attached hydrogen (secondary N) is 1. The van der Waals surface area contributed by atoms with E-state index in [4.69, 9.17) is 10.1 Å². The van der Waals surface area contributed by atoms with E-state index in [9.17, 15) is 9.65 Å². The van der Waals surface area contributed by atoms with Crippen LogP contribution in [-0.4, -0.2) is 108 Å². The van der Waals surface area contributed by atoms with Crippen LogP contribution in [-0.2, 0) is 4.74 Å². The van der Waals surface area contributed by atoms with E-state index in [1.165, 1.54) is 0 Å². The number of hydrogen-bond acceptors (Lipinski definition) is 11. The SMILES string of the molecule is C[C@@H]1CN(c2ccc(C#N)c3nccnc23)C[C@H](CN2CCN(c3ccnc(N4CC(=N)C(F)C4)n3)CC2)O1. The van der Waals surface area contributed by atoms with Crippen molar-refractivity contribution in [2.75, 3.05) is 73.6 Å². The monoisotopic (exact) mass is 530 g/mol. The molecule has 3 aliphatic rings. The first-order valence-corrected chi connectivity index (χ1v) is 13.3. The van der Waals surface area contributed by atoms with Gasteiger partial charge in [0.15, 0.2) is 6.17 Å². The van der Waals surface area contributed by atoms with Crippen molar-refractivity contribution in [1.29, 1.82) is 10.7 Å². The predicted octanol–water partition coefficient (Wildman–Crippen LogP) is 1.89. The molecule has 11 nitrogen and oxygen atoms in total. The molecule has 12 heteroatoms. The Morgan fingerprint density at radius 3 is 2.51 bits per heavy atom. The summed E-state index contributed by atoms with van der Waals surface area (Å²) in [5, 5.41) is 17.2. The molecule has 3 atom stereocenters. The van der Waals surface area contributed by atoms with E-state index >= 15 is 0 Å². The molecule has 3 aliphatic heterocycles. The van der Waals surface area contributed by atoms with Gasteiger partial charge in [0.05, 0.1) is 42.3 Å². The number of morpholine rings is 1. The Labute approximate surface area is 226 Å². The molecule has 2 aromatic heterocycles. The summed E-state index contributed by atoms with van der Waals surface area (Å²) in [6.45, 7) is 8.15. The van der Waals surface area contributed by atoms with Crippen molar-refractivity contribution in [3.63, 3.8) is 0 Å². The smallest absolute Gasteiger partial charge is 0.227 e. The van der Waals surface area contributed by atoms with Crippen molar-refractivity contribution in [2.24, 2.45) is 0 Å². The highest BCUT2D eigenvalue weighted by Crippen LogP contribution is 2.29. The Morgan fingerprint density at radius 2 is 1.77 bits per heavy atom. The minimum atomic E-state index is -1.25. The van der Waals surface area contributed by atoms with E-state index < -0.39 is 6.17 Å². The van der Waals surface area contributed by atoms with E-state index in [0.29, 0.717) is 17.0 Å². The number of piperazine rings is 1. The lowest BCUT2D eigenvalue weighted by atomic mass is 10.1. The van der Waals surface area contributed by atoms with Gasteiger partial charge in [0, 0.05) is 64.4 Å². The molecule has 39 heavy (non-hydrogen) atoms. The quantitative estimate of drug-likeness (QED) is 0.523. The third kappa shape index (κ3) is 5.20. The van der Waals surface area contributed by atoms with Gasteiger partial charge in [0.1, 0.15) is 22.9 Å². The summed E-state index contributed by atoms with van der Waals surface area (Å²) in [5.74, 6) is 1.31. The van der Waals surface area contributed by atoms with Crippen LogP contribution in [0.2, 0.25) is 0 Å². The second-order valence-corrected chi connectivity index (χ2v) is 10.3. The normalized spacial score (nSPS) is 24.4. The molecule has 3 saturated heterocycles. The van der Waals surface area contributed by atoms with Gasteiger partial charge in [-0.1, -0.05) is 0 Å². The Bertz CT molecular complexity index is 1400. The summed E-state index contributed by atoms with van der Waals surface area (Å²) in [6, 6.07) is 7.90. The molecule has 1 aromatic carbocycles. The number of halogens is 1. The van der Waals surface area contributed by atoms with Crippen LogP contribution >= 0.6 is 0 Å². The zero-order valence-corrected chi connectivity index (χ0v) is 21.9. The molecule has 0 aliphatic carbocycles. The molecule has 5 heterocycles. The van der Waals surface area contributed by atoms with Gasteiger partial charge in [-0.2, -0.15) is 10.2 Å². The van der Waals surface area contributed by atoms with E-state index in [1.807, 2.05) is 18.2 Å². The summed E-state index contributed by atoms with van der Waals surface area (Å²) >= 11 is 0. The van der Waals surface area contributed by atoms with Crippen LogP contribution in [0.3, 0.4) is 0 Å². The minimum Gasteiger partial charge on any atom is -0.370 e. The zero-order chi connectivity index (χ0) is 26.9. The lowest BCUT2D eigenvalue weighted by Gasteiger charge is -2.42. The van der Waals surface area contributed by atoms with E-state index in [1.54, 1.807) is 23.5 Å². The van der Waals surface area contributed by atoms with Crippen molar-refractivity contribution in [2.45, 2.75) is 25.3 Å². The summed E-state index contributed by atoms with van der Waals surface area (Å²) in [7, 11) is 0. The van der Waals surface area contributed by atoms with Gasteiger partial charge in [0.2, 0.25) is 5.95 Å². The Morgan fingerprint density at radius 1 is 0.974 bits per heavy atom. The van der Waals surface area contributed by atoms with E-state index in [2.05, 4.69) is 47.6 Å². The number of nitrogens with zero attached hydrogens (tertiary/aromatic N) is 9. The molecular weight excluding hydrogens is 499 g/mol. The van der Waals surface area contributed by atoms with Crippen LogP contribution in [0.4, 0.5) is 21.8 Å². The number of nitriles is 1. The molecular formula is C27H31FN10O. The first-order valence-electron chi connectivity index (χ1n) is 13.3. The Kier molecular flexibility index (Phi) is 6.93. The molecule has 1 unspecified atom stereocenters. The molecule has 0 amide bonds. The Balaban J connectivity index is 1.09. The lowest BCUT2D eigenvalue weighted by molar-refractivity contribution is -0.0327. The molecule has 0 spiro atoms. The largest absolute Gasteiger partial charge is 0.370 e. The average Bonchev–Trinajstić information content (AvgIpc) is 3.30. The van der Waals surface area contributed by atoms with Gasteiger partial charge in [-0.05, 0) is 25.1 Å². The molecule has 3 fully saturated rings. The summed E-state index contributed by atoms with van der Waals surface area (Å²) in [5.41, 5.74) is 2.96. The second-order valence-electron chi connectivity index (χ2n) is 10.3. The van der Waals surface area contributed by atoms with Crippen LogP contribution < -0.4 is 14.7 Å². The van der Waals surface area contributed by atoms with Crippen LogP contribution in [0.5, 0.6) is 0 Å². The molecule has 6 rings (SSSR count). The highest BCUT2D eigenvalue weighted by molar-refractivity contribution is 5.93. The van der Waals surface area contributed by atoms with E-state index in [-0.39, 0.29) is 31.0 Å². The van der Waals surface area contributed by atoms with Gasteiger partial charge < -0.3 is 24.8 Å². The minimum absolute atomic E-state index is 0.0347. The first kappa shape index (κ1) is 25.3. The van der Waals surface area contributed by atoms with Crippen LogP contribution in [0, 0.1) is 16.7 Å². The molecule has 202 valence electrons. The fraction of sp³-hybridized carbons (Fsp3) is 0.481. The highest BCUT2D eigenvalue weighted by Gasteiger charge is 2.31. The lowest BCUT2D eigenvalue weighted by Crippen LogP contribution is -2.54. The van der Waals surface area contributed by atoms with Crippen molar-refractivity contribution in [1.82, 2.24) is 24.8 Å². The maximum Gasteiger partial charge on any atom is 0.227 e. The number of alkyl halides is 1. The van der Waals surface area contributed by atoms with Gasteiger partial charge in [-0.15, -0.1) is 0 Å². The van der Waals surface area contributed by atoms with Crippen LogP contribution in [0.1, 0.15) is 12.5 Å². The third-order valence-corrected chi connectivity index (χ3v) is 7.58. The van der Waals surface area contributed by atoms with Crippen LogP contribution in [0.25, 0.3) is 11.0 Å². The number of aromatic nitrogens is 4. The number of ether oxygens (including phenoxy) is 1. The number of rotatable bonds is 5. The third-order valence-electron chi connectivity index (χ3n) is 7.58. The Hall–Kier alpha value is -3.95. The number of hydrogen-bond donors (Lipinski definition) is 1. The summed E-state index contributed by atoms with van der Waals surface area (Å²) in [6.07, 6.45) is 3.85. The summed E-state index contributed by atoms with van der Waals surface area (Å²) in [4.78, 5) is 26.6. The summed E-state index contributed by atoms with van der Waals surface area (Å²) < 4.78 is 20.2. The van der Waals surface area contributed by atoms with Gasteiger partial charge >= 0.3 is 0 Å². The predicted molar refractivity (Wildman–Crippen MR) is 146 cm³/mol. The maximum atomic E-state index is 13.8. The standard InChI is InChI=1S/C27H31FN10O/c1-18-13-37(23-3-2-19(12-29)25-26(23)32-7-6-31-25)15-20(39-18)14-35-8-10-36(11-9-35)24-4-5-33-27(34-24)38-16-21(28)22(30)17-38/h2-7,18,20-21,30H,8-11,13-17H2,1H3/t18-,20+,21?/m1/s1. The molecule has 0 saturated carbocycles. The van der Waals surface area contributed by atoms with Crippen molar-refractivity contribution < 1.29 is 9.13 Å². The van der Waals surface area contributed by atoms with Crippen LogP contribution in [0.15, 0.2) is 36.8 Å². The van der Waals surface area contributed by atoms with Crippen molar-refractivity contribution in [3.05, 3.63) is 42.4 Å². The number of benzene rings is 1. The molecule has 3 aromatic rings. The fourth-order valence-corrected chi connectivity index (χ4v) is 5.67. The highest BCUT2D eigenvalue weighted by atomic mass is 19.1. The van der Waals surface area contributed by atoms with Crippen molar-refractivity contribution in [3.8, 4) is 6.07 Å². The topological polar surface area (TPSA) is 121 Å². The number of fused-ring (bicyclic) bond motifs is 1. The van der Waals surface area contributed by atoms with Gasteiger partial charge in [-0.25, -0.2) is 9.37 Å². The van der Waals surface area contributed by atoms with Gasteiger partial charge in [0.25, 0.3) is 0 Å². The maximum absolute atomic E-state index is 13.8. The molecule has 0 bridgehead atoms. The molecule has 1 N–H and O–H groups in total. The first-order chi connectivity index (χ1) is 19.0. The zero-order valence-electron chi connectivity index (χ0n) is 21.9. The van der Waals surface area contributed by atoms with Crippen molar-refractivity contribution >= 4 is 34.2 Å². The second kappa shape index (κ2) is 10.7. The fourth-order valence-electron chi connectivity index (χ4n) is 5.67. The average molecular weight is 531 g/mol. The number of anilines is 3. The van der Waals surface area contributed by atoms with Gasteiger partial charge in [-0.3, -0.25) is 14.9 Å². The van der Waals surface area contributed by atoms with E-state index in [0.717, 1.165) is 62.8 Å². The molecule has 0 radical (unpaired) electrons.